The third kappa shape index (κ3) is 7.46. The minimum Gasteiger partial charge on any atom is -0.497 e. The van der Waals surface area contributed by atoms with Crippen molar-refractivity contribution in [1.82, 2.24) is 5.32 Å². The predicted octanol–water partition coefficient (Wildman–Crippen LogP) is 4.83. The van der Waals surface area contributed by atoms with Crippen molar-refractivity contribution in [3.05, 3.63) is 95.6 Å². The summed E-state index contributed by atoms with van der Waals surface area (Å²) in [5.41, 5.74) is 1.59. The van der Waals surface area contributed by atoms with Crippen LogP contribution in [0.3, 0.4) is 0 Å². The molecular formula is C33H38N2O6. The van der Waals surface area contributed by atoms with Crippen molar-refractivity contribution in [3.63, 3.8) is 0 Å². The second-order valence-corrected chi connectivity index (χ2v) is 9.75. The second-order valence-electron chi connectivity index (χ2n) is 9.75. The number of ether oxygens (including phenoxy) is 4. The van der Waals surface area contributed by atoms with Crippen LogP contribution in [-0.2, 0) is 16.0 Å². The number of aliphatic imine (C=N–C) groups is 1. The number of methoxy groups -OCH3 is 2. The monoisotopic (exact) mass is 558 g/mol. The van der Waals surface area contributed by atoms with Crippen LogP contribution in [0.25, 0.3) is 6.08 Å². The highest BCUT2D eigenvalue weighted by Crippen LogP contribution is 2.33. The maximum absolute atomic E-state index is 13.8. The Kier molecular flexibility index (Phi) is 10.4. The number of rotatable bonds is 14. The lowest BCUT2D eigenvalue weighted by atomic mass is 9.88. The van der Waals surface area contributed by atoms with Gasteiger partial charge in [0.25, 0.3) is 5.91 Å². The molecule has 3 aromatic carbocycles. The van der Waals surface area contributed by atoms with E-state index in [9.17, 15) is 4.79 Å². The van der Waals surface area contributed by atoms with Gasteiger partial charge in [-0.15, -0.1) is 0 Å². The molecule has 2 N–H and O–H groups in total. The third-order valence-corrected chi connectivity index (χ3v) is 7.03. The number of amides is 1. The minimum atomic E-state index is -1.14. The molecule has 0 unspecified atom stereocenters. The number of hydrogen-bond donors (Lipinski definition) is 2. The number of nitrogens with one attached hydrogen (secondary N) is 1. The molecule has 2 atom stereocenters. The van der Waals surface area contributed by atoms with E-state index in [1.807, 2.05) is 91.9 Å². The molecule has 0 fully saturated rings. The van der Waals surface area contributed by atoms with Crippen LogP contribution in [0, 0.1) is 0 Å². The van der Waals surface area contributed by atoms with Crippen LogP contribution in [-0.4, -0.2) is 62.5 Å². The first-order valence-electron chi connectivity index (χ1n) is 13.8. The number of carbonyl (C=O) groups excluding carboxylic acids is 1. The molecule has 216 valence electrons. The molecule has 0 spiro atoms. The van der Waals surface area contributed by atoms with E-state index in [0.29, 0.717) is 44.1 Å². The van der Waals surface area contributed by atoms with E-state index < -0.39 is 11.6 Å². The van der Waals surface area contributed by atoms with E-state index in [1.54, 1.807) is 14.2 Å². The van der Waals surface area contributed by atoms with Crippen molar-refractivity contribution >= 4 is 17.9 Å². The fraction of sp³-hybridized carbons (Fsp3) is 0.333. The predicted molar refractivity (Wildman–Crippen MR) is 160 cm³/mol. The topological polar surface area (TPSA) is 98.6 Å². The third-order valence-electron chi connectivity index (χ3n) is 7.03. The van der Waals surface area contributed by atoms with Crippen LogP contribution in [0.1, 0.15) is 36.5 Å². The zero-order valence-corrected chi connectivity index (χ0v) is 23.8. The van der Waals surface area contributed by atoms with E-state index in [1.165, 1.54) is 0 Å². The lowest BCUT2D eigenvalue weighted by Crippen LogP contribution is -2.51. The number of aliphatic hydroxyl groups excluding tert-OH is 1. The highest BCUT2D eigenvalue weighted by atomic mass is 16.5. The molecule has 3 aromatic rings. The van der Waals surface area contributed by atoms with Crippen LogP contribution in [0.15, 0.2) is 83.9 Å². The fourth-order valence-corrected chi connectivity index (χ4v) is 4.66. The lowest BCUT2D eigenvalue weighted by Gasteiger charge is -2.27. The number of benzene rings is 3. The Morgan fingerprint density at radius 3 is 2.51 bits per heavy atom. The van der Waals surface area contributed by atoms with E-state index in [4.69, 9.17) is 29.0 Å². The van der Waals surface area contributed by atoms with Gasteiger partial charge in [0.2, 0.25) is 5.90 Å². The maximum atomic E-state index is 13.8. The molecule has 1 heterocycles. The highest BCUT2D eigenvalue weighted by molar-refractivity contribution is 6.00. The molecule has 0 aliphatic carbocycles. The molecule has 0 saturated heterocycles. The van der Waals surface area contributed by atoms with Crippen LogP contribution < -0.4 is 19.5 Å². The molecule has 41 heavy (non-hydrogen) atoms. The largest absolute Gasteiger partial charge is 0.497 e. The fourth-order valence-electron chi connectivity index (χ4n) is 4.66. The molecule has 1 aliphatic heterocycles. The molecular weight excluding hydrogens is 520 g/mol. The second kappa shape index (κ2) is 14.4. The first kappa shape index (κ1) is 29.7. The molecule has 8 heteroatoms. The van der Waals surface area contributed by atoms with Gasteiger partial charge in [-0.3, -0.25) is 4.79 Å². The van der Waals surface area contributed by atoms with Gasteiger partial charge in [-0.05, 0) is 66.9 Å². The zero-order chi connectivity index (χ0) is 29.1. The van der Waals surface area contributed by atoms with Crippen molar-refractivity contribution in [2.24, 2.45) is 4.99 Å². The van der Waals surface area contributed by atoms with E-state index >= 15 is 0 Å². The van der Waals surface area contributed by atoms with Gasteiger partial charge in [-0.1, -0.05) is 42.5 Å². The molecule has 0 bridgehead atoms. The number of carbonyl (C=O) groups is 1. The first-order valence-corrected chi connectivity index (χ1v) is 13.8. The lowest BCUT2D eigenvalue weighted by molar-refractivity contribution is -0.128. The molecule has 4 rings (SSSR count). The Morgan fingerprint density at radius 2 is 1.80 bits per heavy atom. The van der Waals surface area contributed by atoms with Gasteiger partial charge in [-0.2, -0.15) is 0 Å². The smallest absolute Gasteiger partial charge is 0.252 e. The molecule has 0 aromatic heterocycles. The number of hydrogen-bond acceptors (Lipinski definition) is 7. The first-order chi connectivity index (χ1) is 20.0. The van der Waals surface area contributed by atoms with Gasteiger partial charge in [0.05, 0.1) is 20.8 Å². The van der Waals surface area contributed by atoms with Crippen LogP contribution >= 0.6 is 0 Å². The summed E-state index contributed by atoms with van der Waals surface area (Å²) in [6.45, 7) is 2.79. The molecule has 1 aliphatic rings. The molecule has 0 saturated carbocycles. The van der Waals surface area contributed by atoms with Crippen molar-refractivity contribution in [2.75, 3.05) is 34.0 Å². The van der Waals surface area contributed by atoms with Crippen LogP contribution in [0.2, 0.25) is 0 Å². The molecule has 1 amide bonds. The molecule has 0 radical (unpaired) electrons. The Morgan fingerprint density at radius 1 is 1.05 bits per heavy atom. The summed E-state index contributed by atoms with van der Waals surface area (Å²) in [7, 11) is 3.24. The van der Waals surface area contributed by atoms with Gasteiger partial charge < -0.3 is 29.4 Å². The van der Waals surface area contributed by atoms with Gasteiger partial charge in [0, 0.05) is 31.6 Å². The van der Waals surface area contributed by atoms with Crippen molar-refractivity contribution < 1.29 is 28.8 Å². The summed E-state index contributed by atoms with van der Waals surface area (Å²) in [6, 6.07) is 23.0. The average Bonchev–Trinajstić information content (AvgIpc) is 3.34. The molecule has 8 nitrogen and oxygen atoms in total. The Balaban J connectivity index is 1.54. The maximum Gasteiger partial charge on any atom is 0.252 e. The van der Waals surface area contributed by atoms with Gasteiger partial charge in [0.1, 0.15) is 23.4 Å². The van der Waals surface area contributed by atoms with E-state index in [0.717, 1.165) is 28.2 Å². The number of nitrogens with zero attached hydrogens (tertiary/aromatic N) is 1. The quantitative estimate of drug-likeness (QED) is 0.275. The SMILES string of the molecule is COc1ccc(OC)c(CCNC(=O)[C@]2(C/C=C/c3ccccc3)N=C(c3ccc(OCCCO)cc3)O[C@@H]2C)c1. The average molecular weight is 559 g/mol. The summed E-state index contributed by atoms with van der Waals surface area (Å²) < 4.78 is 22.7. The number of aliphatic hydroxyl groups is 1. The summed E-state index contributed by atoms with van der Waals surface area (Å²) in [4.78, 5) is 18.7. The van der Waals surface area contributed by atoms with Crippen LogP contribution in [0.4, 0.5) is 0 Å². The van der Waals surface area contributed by atoms with E-state index in [-0.39, 0.29) is 12.5 Å². The normalized spacial score (nSPS) is 18.0. The summed E-state index contributed by atoms with van der Waals surface area (Å²) in [5.74, 6) is 2.37. The Labute approximate surface area is 241 Å². The van der Waals surface area contributed by atoms with Crippen molar-refractivity contribution in [2.45, 2.75) is 37.8 Å². The van der Waals surface area contributed by atoms with Gasteiger partial charge in [-0.25, -0.2) is 4.99 Å². The van der Waals surface area contributed by atoms with Crippen LogP contribution in [0.5, 0.6) is 17.2 Å². The summed E-state index contributed by atoms with van der Waals surface area (Å²) in [6.07, 6.45) is 4.96. The zero-order valence-electron chi connectivity index (χ0n) is 23.8. The highest BCUT2D eigenvalue weighted by Gasteiger charge is 2.49. The minimum absolute atomic E-state index is 0.0799. The van der Waals surface area contributed by atoms with E-state index in [2.05, 4.69) is 5.32 Å². The summed E-state index contributed by atoms with van der Waals surface area (Å²) in [5, 5.41) is 12.1. The van der Waals surface area contributed by atoms with Crippen molar-refractivity contribution in [3.8, 4) is 17.2 Å². The Bertz CT molecular complexity index is 1340. The standard InChI is InChI=1S/C33H38N2O6/c1-24-33(19-7-11-25-9-5-4-6-10-25,32(37)34-20-18-27-23-29(38-2)16-17-30(27)39-3)35-31(41-24)26-12-14-28(15-13-26)40-22-8-21-36/h4-7,9-17,23-24,36H,8,18-22H2,1-3H3,(H,34,37)/b11-7+/t24-,33-/m1/s1. The van der Waals surface area contributed by atoms with Crippen molar-refractivity contribution in [1.29, 1.82) is 0 Å². The van der Waals surface area contributed by atoms with Gasteiger partial charge >= 0.3 is 0 Å². The van der Waals surface area contributed by atoms with Gasteiger partial charge in [0.15, 0.2) is 5.54 Å². The summed E-state index contributed by atoms with van der Waals surface area (Å²) >= 11 is 0. The Hall–Kier alpha value is -4.30.